The summed E-state index contributed by atoms with van der Waals surface area (Å²) in [6.45, 7) is 2.25. The Kier molecular flexibility index (Phi) is 7.83. The summed E-state index contributed by atoms with van der Waals surface area (Å²) in [7, 11) is -3.64. The molecule has 1 aromatic carbocycles. The molecule has 2 aromatic heterocycles. The molecule has 0 N–H and O–H groups in total. The summed E-state index contributed by atoms with van der Waals surface area (Å²) in [4.78, 5) is 52.8. The molecule has 166 valence electrons. The molecule has 0 bridgehead atoms. The first kappa shape index (κ1) is 25.6. The Morgan fingerprint density at radius 1 is 1.30 bits per heavy atom. The van der Waals surface area contributed by atoms with Crippen LogP contribution in [0, 0.1) is 6.92 Å². The molecule has 0 unspecified atom stereocenters. The van der Waals surface area contributed by atoms with Crippen LogP contribution in [-0.4, -0.2) is 66.5 Å². The van der Waals surface area contributed by atoms with Crippen LogP contribution in [0.1, 0.15) is 28.9 Å². The van der Waals surface area contributed by atoms with Crippen LogP contribution < -0.4 is 14.5 Å². The van der Waals surface area contributed by atoms with Crippen molar-refractivity contribution in [2.45, 2.75) is 26.3 Å². The van der Waals surface area contributed by atoms with E-state index in [1.54, 1.807) is 19.2 Å². The van der Waals surface area contributed by atoms with Crippen molar-refractivity contribution in [3.05, 3.63) is 65.1 Å². The summed E-state index contributed by atoms with van der Waals surface area (Å²) in [5, 5.41) is 1.01. The Morgan fingerprint density at radius 2 is 2.03 bits per heavy atom. The first-order valence-corrected chi connectivity index (χ1v) is 11.4. The number of para-hydroxylation sites is 1. The molecule has 4 rings (SSSR count). The number of aromatic nitrogens is 1. The van der Waals surface area contributed by atoms with E-state index in [2.05, 4.69) is 4.98 Å². The number of furan rings is 1. The molecule has 11 heteroatoms. The fourth-order valence-electron chi connectivity index (χ4n) is 3.67. The van der Waals surface area contributed by atoms with E-state index in [1.807, 2.05) is 31.2 Å². The van der Waals surface area contributed by atoms with Crippen LogP contribution in [0.3, 0.4) is 0 Å². The standard InChI is InChI=1S/C22H22N3O6P.Ca/c1-14-17-5-3-4-6-18(17)31-19(14)13-24(2)20(26)9-7-15-11-16-8-10-21(27)25(32(28,29)30)22(16)23-12-15;/h3-7,9,11-12H,8,10,13H2,1-2H3,(H2,28,29,30);/q;+2/p-2/b9-7+;. The Labute approximate surface area is 220 Å². The zero-order valence-corrected chi connectivity index (χ0v) is 21.3. The van der Waals surface area contributed by atoms with E-state index in [4.69, 9.17) is 4.42 Å². The van der Waals surface area contributed by atoms with Gasteiger partial charge in [0.1, 0.15) is 17.2 Å². The average molecular weight is 493 g/mol. The molecule has 3 aromatic rings. The third-order valence-electron chi connectivity index (χ3n) is 5.37. The summed E-state index contributed by atoms with van der Waals surface area (Å²) >= 11 is 0. The van der Waals surface area contributed by atoms with Crippen molar-refractivity contribution in [2.75, 3.05) is 11.7 Å². The van der Waals surface area contributed by atoms with Gasteiger partial charge in [0, 0.05) is 44.4 Å². The second-order valence-corrected chi connectivity index (χ2v) is 8.94. The van der Waals surface area contributed by atoms with Gasteiger partial charge in [-0.05, 0) is 42.7 Å². The summed E-state index contributed by atoms with van der Waals surface area (Å²) in [6, 6.07) is 9.28. The predicted octanol–water partition coefficient (Wildman–Crippen LogP) is 1.54. The number of likely N-dealkylation sites (N-methyl/N-ethyl adjacent to an activating group) is 1. The minimum Gasteiger partial charge on any atom is -0.794 e. The van der Waals surface area contributed by atoms with Crippen LogP contribution in [0.5, 0.6) is 0 Å². The number of anilines is 1. The number of hydrogen-bond donors (Lipinski definition) is 0. The molecule has 0 radical (unpaired) electrons. The third kappa shape index (κ3) is 5.40. The number of amides is 2. The minimum absolute atomic E-state index is 0. The topological polar surface area (TPSA) is 130 Å². The van der Waals surface area contributed by atoms with Crippen LogP contribution in [0.15, 0.2) is 47.0 Å². The normalized spacial score (nSPS) is 13.8. The molecular weight excluding hydrogens is 473 g/mol. The van der Waals surface area contributed by atoms with Gasteiger partial charge in [0.05, 0.1) is 6.54 Å². The zero-order chi connectivity index (χ0) is 23.0. The summed E-state index contributed by atoms with van der Waals surface area (Å²) in [5.41, 5.74) is 2.75. The fraction of sp³-hybridized carbons (Fsp3) is 0.227. The van der Waals surface area contributed by atoms with Gasteiger partial charge in [-0.2, -0.15) is 0 Å². The zero-order valence-electron chi connectivity index (χ0n) is 18.2. The van der Waals surface area contributed by atoms with E-state index >= 15 is 0 Å². The van der Waals surface area contributed by atoms with Crippen LogP contribution in [0.25, 0.3) is 17.0 Å². The van der Waals surface area contributed by atoms with Crippen LogP contribution in [0.4, 0.5) is 5.82 Å². The SMILES string of the molecule is Cc1c(CN(C)C(=O)/C=C/c2cnc3c(c2)CCC(=O)N3P(=O)([O-])[O-])oc2ccccc12.[Ca+2]. The Balaban J connectivity index is 0.00000306. The molecule has 0 saturated heterocycles. The third-order valence-corrected chi connectivity index (χ3v) is 6.27. The number of nitrogens with zero attached hydrogens (tertiary/aromatic N) is 3. The van der Waals surface area contributed by atoms with Crippen molar-refractivity contribution in [1.82, 2.24) is 9.88 Å². The number of benzene rings is 1. The molecule has 1 aliphatic heterocycles. The van der Waals surface area contributed by atoms with E-state index in [-0.39, 0.29) is 67.0 Å². The van der Waals surface area contributed by atoms with E-state index in [0.29, 0.717) is 23.4 Å². The first-order valence-electron chi connectivity index (χ1n) is 9.90. The second-order valence-electron chi connectivity index (χ2n) is 7.60. The maximum Gasteiger partial charge on any atom is 2.00 e. The van der Waals surface area contributed by atoms with Crippen molar-refractivity contribution < 1.29 is 28.4 Å². The van der Waals surface area contributed by atoms with Gasteiger partial charge in [0.2, 0.25) is 11.8 Å². The molecule has 9 nitrogen and oxygen atoms in total. The van der Waals surface area contributed by atoms with Gasteiger partial charge >= 0.3 is 37.7 Å². The van der Waals surface area contributed by atoms with Crippen LogP contribution >= 0.6 is 7.75 Å². The van der Waals surface area contributed by atoms with E-state index in [9.17, 15) is 23.9 Å². The molecule has 0 saturated carbocycles. The molecular formula is C22H20CaN3O6P. The maximum atomic E-state index is 12.6. The average Bonchev–Trinajstić information content (AvgIpc) is 3.06. The molecule has 0 atom stereocenters. The van der Waals surface area contributed by atoms with Crippen LogP contribution in [-0.2, 0) is 27.1 Å². The van der Waals surface area contributed by atoms with Gasteiger partial charge in [-0.3, -0.25) is 14.3 Å². The molecule has 0 aliphatic carbocycles. The summed E-state index contributed by atoms with van der Waals surface area (Å²) < 4.78 is 17.5. The van der Waals surface area contributed by atoms with Gasteiger partial charge in [-0.15, -0.1) is 0 Å². The summed E-state index contributed by atoms with van der Waals surface area (Å²) in [6.07, 6.45) is 4.40. The Morgan fingerprint density at radius 3 is 2.73 bits per heavy atom. The van der Waals surface area contributed by atoms with Crippen molar-refractivity contribution >= 4 is 80.2 Å². The number of carbonyl (C=O) groups excluding carboxylic acids is 2. The van der Waals surface area contributed by atoms with Gasteiger partial charge in [0.15, 0.2) is 0 Å². The number of hydrogen-bond acceptors (Lipinski definition) is 7. The largest absolute Gasteiger partial charge is 2.00 e. The smallest absolute Gasteiger partial charge is 0.794 e. The predicted molar refractivity (Wildman–Crippen MR) is 120 cm³/mol. The van der Waals surface area contributed by atoms with E-state index in [1.165, 1.54) is 17.2 Å². The van der Waals surface area contributed by atoms with Crippen molar-refractivity contribution in [1.29, 1.82) is 0 Å². The van der Waals surface area contributed by atoms with E-state index < -0.39 is 13.7 Å². The number of aryl methyl sites for hydroxylation is 2. The molecule has 3 heterocycles. The molecule has 0 fully saturated rings. The second kappa shape index (κ2) is 10.1. The molecule has 0 spiro atoms. The van der Waals surface area contributed by atoms with Crippen molar-refractivity contribution in [3.63, 3.8) is 0 Å². The quantitative estimate of drug-likeness (QED) is 0.299. The van der Waals surface area contributed by atoms with Gasteiger partial charge in [-0.1, -0.05) is 18.2 Å². The summed E-state index contributed by atoms with van der Waals surface area (Å²) in [5.74, 6) is -0.520. The number of carbonyl (C=O) groups is 2. The van der Waals surface area contributed by atoms with Crippen molar-refractivity contribution in [2.24, 2.45) is 0 Å². The number of rotatable bonds is 5. The Bertz CT molecular complexity index is 1300. The maximum absolute atomic E-state index is 12.6. The minimum atomic E-state index is -5.30. The van der Waals surface area contributed by atoms with Gasteiger partial charge in [0.25, 0.3) is 0 Å². The molecule has 33 heavy (non-hydrogen) atoms. The fourth-order valence-corrected chi connectivity index (χ4v) is 4.45. The number of pyridine rings is 1. The monoisotopic (exact) mass is 493 g/mol. The van der Waals surface area contributed by atoms with Crippen LogP contribution in [0.2, 0.25) is 0 Å². The first-order chi connectivity index (χ1) is 15.1. The number of fused-ring (bicyclic) bond motifs is 2. The molecule has 2 amide bonds. The van der Waals surface area contributed by atoms with Gasteiger partial charge < -0.3 is 23.7 Å². The Hall–Kier alpha value is -2.00. The van der Waals surface area contributed by atoms with Gasteiger partial charge in [-0.25, -0.2) is 4.98 Å². The van der Waals surface area contributed by atoms with Crippen molar-refractivity contribution in [3.8, 4) is 0 Å². The molecule has 1 aliphatic rings. The van der Waals surface area contributed by atoms with E-state index in [0.717, 1.165) is 16.5 Å².